The standard InChI is InChI=1S/C20H21N3O2S/c1-5-15-17(13(4)24)12(3)21-18(15)19(25)23-20-22-16(10-26-20)14-8-6-11(2)7-9-14/h6-10,21H,5H2,1-4H3,(H,22,23,25). The smallest absolute Gasteiger partial charge is 0.274 e. The van der Waals surface area contributed by atoms with Crippen molar-refractivity contribution in [1.82, 2.24) is 9.97 Å². The highest BCUT2D eigenvalue weighted by Crippen LogP contribution is 2.26. The van der Waals surface area contributed by atoms with Crippen molar-refractivity contribution in [3.8, 4) is 11.3 Å². The van der Waals surface area contributed by atoms with Crippen LogP contribution in [-0.2, 0) is 6.42 Å². The average Bonchev–Trinajstić information content (AvgIpc) is 3.19. The van der Waals surface area contributed by atoms with E-state index in [1.165, 1.54) is 23.8 Å². The number of thiazole rings is 1. The molecular weight excluding hydrogens is 346 g/mol. The second-order valence-corrected chi connectivity index (χ2v) is 7.10. The van der Waals surface area contributed by atoms with Gasteiger partial charge >= 0.3 is 0 Å². The summed E-state index contributed by atoms with van der Waals surface area (Å²) in [5, 5.41) is 5.29. The molecule has 1 amide bonds. The number of ketones is 1. The zero-order chi connectivity index (χ0) is 18.8. The van der Waals surface area contributed by atoms with Gasteiger partial charge in [0.2, 0.25) is 0 Å². The zero-order valence-corrected chi connectivity index (χ0v) is 16.1. The van der Waals surface area contributed by atoms with Gasteiger partial charge in [-0.2, -0.15) is 0 Å². The first-order valence-corrected chi connectivity index (χ1v) is 9.35. The van der Waals surface area contributed by atoms with E-state index in [4.69, 9.17) is 0 Å². The molecule has 2 N–H and O–H groups in total. The van der Waals surface area contributed by atoms with Gasteiger partial charge in [-0.25, -0.2) is 4.98 Å². The summed E-state index contributed by atoms with van der Waals surface area (Å²) >= 11 is 1.38. The third-order valence-corrected chi connectivity index (χ3v) is 5.05. The summed E-state index contributed by atoms with van der Waals surface area (Å²) in [7, 11) is 0. The van der Waals surface area contributed by atoms with Crippen LogP contribution in [0, 0.1) is 13.8 Å². The maximum Gasteiger partial charge on any atom is 0.274 e. The van der Waals surface area contributed by atoms with Crippen LogP contribution in [0.1, 0.15) is 51.5 Å². The van der Waals surface area contributed by atoms with Crippen molar-refractivity contribution < 1.29 is 9.59 Å². The van der Waals surface area contributed by atoms with E-state index in [1.54, 1.807) is 0 Å². The molecule has 0 unspecified atom stereocenters. The maximum absolute atomic E-state index is 12.7. The second-order valence-electron chi connectivity index (χ2n) is 6.25. The summed E-state index contributed by atoms with van der Waals surface area (Å²) in [6, 6.07) is 8.09. The molecule has 0 radical (unpaired) electrons. The number of carbonyl (C=O) groups is 2. The van der Waals surface area contributed by atoms with Gasteiger partial charge in [0.05, 0.1) is 5.69 Å². The van der Waals surface area contributed by atoms with Crippen LogP contribution < -0.4 is 5.32 Å². The molecule has 0 saturated heterocycles. The number of hydrogen-bond donors (Lipinski definition) is 2. The van der Waals surface area contributed by atoms with E-state index in [-0.39, 0.29) is 11.7 Å². The van der Waals surface area contributed by atoms with Gasteiger partial charge in [-0.3, -0.25) is 14.9 Å². The Morgan fingerprint density at radius 1 is 1.19 bits per heavy atom. The molecule has 0 aliphatic carbocycles. The molecule has 2 heterocycles. The lowest BCUT2D eigenvalue weighted by Gasteiger charge is -2.03. The van der Waals surface area contributed by atoms with E-state index in [1.807, 2.05) is 50.4 Å². The number of aromatic nitrogens is 2. The van der Waals surface area contributed by atoms with Crippen molar-refractivity contribution in [2.75, 3.05) is 5.32 Å². The third kappa shape index (κ3) is 3.46. The topological polar surface area (TPSA) is 74.8 Å². The summed E-state index contributed by atoms with van der Waals surface area (Å²) in [5.41, 5.74) is 5.54. The molecule has 2 aromatic heterocycles. The highest BCUT2D eigenvalue weighted by atomic mass is 32.1. The Balaban J connectivity index is 1.84. The number of aromatic amines is 1. The van der Waals surface area contributed by atoms with Gasteiger partial charge in [-0.1, -0.05) is 36.8 Å². The van der Waals surface area contributed by atoms with Gasteiger partial charge in [0.25, 0.3) is 5.91 Å². The van der Waals surface area contributed by atoms with E-state index in [0.29, 0.717) is 22.8 Å². The van der Waals surface area contributed by atoms with Crippen molar-refractivity contribution in [3.63, 3.8) is 0 Å². The molecule has 26 heavy (non-hydrogen) atoms. The van der Waals surface area contributed by atoms with E-state index in [0.717, 1.165) is 22.5 Å². The van der Waals surface area contributed by atoms with Gasteiger partial charge in [0, 0.05) is 22.2 Å². The first kappa shape index (κ1) is 18.1. The second kappa shape index (κ2) is 7.25. The summed E-state index contributed by atoms with van der Waals surface area (Å²) in [4.78, 5) is 32.1. The Kier molecular flexibility index (Phi) is 5.04. The van der Waals surface area contributed by atoms with Crippen molar-refractivity contribution in [2.45, 2.75) is 34.1 Å². The molecule has 0 saturated carbocycles. The largest absolute Gasteiger partial charge is 0.354 e. The number of amides is 1. The first-order chi connectivity index (χ1) is 12.4. The average molecular weight is 367 g/mol. The zero-order valence-electron chi connectivity index (χ0n) is 15.3. The minimum absolute atomic E-state index is 0.0365. The Bertz CT molecular complexity index is 968. The number of nitrogens with zero attached hydrogens (tertiary/aromatic N) is 1. The Labute approximate surface area is 156 Å². The number of hydrogen-bond acceptors (Lipinski definition) is 4. The molecule has 0 aliphatic rings. The van der Waals surface area contributed by atoms with Crippen LogP contribution in [0.4, 0.5) is 5.13 Å². The Hall–Kier alpha value is -2.73. The molecule has 0 bridgehead atoms. The highest BCUT2D eigenvalue weighted by Gasteiger charge is 2.22. The van der Waals surface area contributed by atoms with E-state index < -0.39 is 0 Å². The van der Waals surface area contributed by atoms with Crippen LogP contribution in [0.5, 0.6) is 0 Å². The molecular formula is C20H21N3O2S. The molecule has 0 fully saturated rings. The SMILES string of the molecule is CCc1c(C(=O)Nc2nc(-c3ccc(C)cc3)cs2)[nH]c(C)c1C(C)=O. The molecule has 0 atom stereocenters. The predicted molar refractivity (Wildman–Crippen MR) is 105 cm³/mol. The number of aryl methyl sites for hydroxylation is 2. The van der Waals surface area contributed by atoms with E-state index in [9.17, 15) is 9.59 Å². The lowest BCUT2D eigenvalue weighted by atomic mass is 10.0. The van der Waals surface area contributed by atoms with Crippen LogP contribution in [0.15, 0.2) is 29.6 Å². The number of rotatable bonds is 5. The lowest BCUT2D eigenvalue weighted by Crippen LogP contribution is -2.14. The van der Waals surface area contributed by atoms with Crippen LogP contribution in [0.25, 0.3) is 11.3 Å². The summed E-state index contributed by atoms with van der Waals surface area (Å²) in [5.74, 6) is -0.312. The predicted octanol–water partition coefficient (Wildman–Crippen LogP) is 4.77. The monoisotopic (exact) mass is 367 g/mol. The van der Waals surface area contributed by atoms with Crippen LogP contribution in [0.2, 0.25) is 0 Å². The first-order valence-electron chi connectivity index (χ1n) is 8.47. The number of nitrogens with one attached hydrogen (secondary N) is 2. The summed E-state index contributed by atoms with van der Waals surface area (Å²) < 4.78 is 0. The van der Waals surface area contributed by atoms with E-state index >= 15 is 0 Å². The Morgan fingerprint density at radius 3 is 2.50 bits per heavy atom. The van der Waals surface area contributed by atoms with Crippen molar-refractivity contribution >= 4 is 28.2 Å². The maximum atomic E-state index is 12.7. The minimum atomic E-state index is -0.276. The molecule has 3 rings (SSSR count). The number of carbonyl (C=O) groups excluding carboxylic acids is 2. The van der Waals surface area contributed by atoms with Gasteiger partial charge in [0.1, 0.15) is 5.69 Å². The van der Waals surface area contributed by atoms with Crippen LogP contribution >= 0.6 is 11.3 Å². The van der Waals surface area contributed by atoms with Crippen LogP contribution in [0.3, 0.4) is 0 Å². The molecule has 6 heteroatoms. The van der Waals surface area contributed by atoms with Gasteiger partial charge in [0.15, 0.2) is 10.9 Å². The van der Waals surface area contributed by atoms with Crippen molar-refractivity contribution in [1.29, 1.82) is 0 Å². The summed E-state index contributed by atoms with van der Waals surface area (Å²) in [6.45, 7) is 7.30. The Morgan fingerprint density at radius 2 is 1.88 bits per heavy atom. The van der Waals surface area contributed by atoms with Gasteiger partial charge in [-0.05, 0) is 32.8 Å². The fraction of sp³-hybridized carbons (Fsp3) is 0.250. The minimum Gasteiger partial charge on any atom is -0.354 e. The molecule has 0 aliphatic heterocycles. The molecule has 0 spiro atoms. The van der Waals surface area contributed by atoms with Crippen LogP contribution in [-0.4, -0.2) is 21.7 Å². The highest BCUT2D eigenvalue weighted by molar-refractivity contribution is 7.14. The fourth-order valence-corrected chi connectivity index (χ4v) is 3.76. The van der Waals surface area contributed by atoms with Crippen molar-refractivity contribution in [3.05, 3.63) is 57.7 Å². The molecule has 1 aromatic carbocycles. The van der Waals surface area contributed by atoms with Gasteiger partial charge < -0.3 is 4.98 Å². The normalized spacial score (nSPS) is 10.8. The quantitative estimate of drug-likeness (QED) is 0.638. The number of anilines is 1. The molecule has 3 aromatic rings. The number of Topliss-reactive ketones (excluding diaryl/α,β-unsaturated/α-hetero) is 1. The molecule has 5 nitrogen and oxygen atoms in total. The fourth-order valence-electron chi connectivity index (χ4n) is 3.05. The van der Waals surface area contributed by atoms with Gasteiger partial charge in [-0.15, -0.1) is 11.3 Å². The summed E-state index contributed by atoms with van der Waals surface area (Å²) in [6.07, 6.45) is 0.606. The lowest BCUT2D eigenvalue weighted by molar-refractivity contribution is 0.101. The van der Waals surface area contributed by atoms with E-state index in [2.05, 4.69) is 15.3 Å². The van der Waals surface area contributed by atoms with Crippen molar-refractivity contribution in [2.24, 2.45) is 0 Å². The third-order valence-electron chi connectivity index (χ3n) is 4.30. The molecule has 134 valence electrons. The number of H-pyrrole nitrogens is 1. The number of benzene rings is 1.